The summed E-state index contributed by atoms with van der Waals surface area (Å²) >= 11 is 0. The average Bonchev–Trinajstić information content (AvgIpc) is 3.11. The molecule has 0 radical (unpaired) electrons. The van der Waals surface area contributed by atoms with Crippen LogP contribution in [0.1, 0.15) is 28.8 Å². The van der Waals surface area contributed by atoms with Crippen LogP contribution in [0.25, 0.3) is 0 Å². The van der Waals surface area contributed by atoms with E-state index >= 15 is 0 Å². The van der Waals surface area contributed by atoms with E-state index in [2.05, 4.69) is 10.6 Å². The van der Waals surface area contributed by atoms with E-state index in [0.717, 1.165) is 37.2 Å². The number of carbonyl (C=O) groups is 2. The predicted octanol–water partition coefficient (Wildman–Crippen LogP) is 3.88. The third-order valence-corrected chi connectivity index (χ3v) is 4.85. The van der Waals surface area contributed by atoms with Gasteiger partial charge in [0.25, 0.3) is 5.91 Å². The fourth-order valence-corrected chi connectivity index (χ4v) is 3.52. The Morgan fingerprint density at radius 2 is 1.89 bits per heavy atom. The van der Waals surface area contributed by atoms with E-state index in [1.807, 2.05) is 4.90 Å². The Hall–Kier alpha value is -3.03. The summed E-state index contributed by atoms with van der Waals surface area (Å²) in [6.07, 6.45) is -2.68. The summed E-state index contributed by atoms with van der Waals surface area (Å²) in [4.78, 5) is 26.6. The van der Waals surface area contributed by atoms with E-state index in [9.17, 15) is 22.8 Å². The Balaban J connectivity index is 1.53. The second-order valence-corrected chi connectivity index (χ2v) is 6.60. The molecule has 1 saturated heterocycles. The number of benzene rings is 2. The van der Waals surface area contributed by atoms with Gasteiger partial charge in [-0.15, -0.1) is 0 Å². The minimum absolute atomic E-state index is 0.0831. The maximum absolute atomic E-state index is 12.6. The first-order valence-corrected chi connectivity index (χ1v) is 8.53. The van der Waals surface area contributed by atoms with Gasteiger partial charge in [0.15, 0.2) is 0 Å². The molecule has 0 saturated carbocycles. The van der Waals surface area contributed by atoms with Crippen molar-refractivity contribution >= 4 is 28.9 Å². The molecule has 4 rings (SSSR count). The lowest BCUT2D eigenvalue weighted by atomic mass is 10.1. The zero-order valence-electron chi connectivity index (χ0n) is 14.1. The van der Waals surface area contributed by atoms with Crippen molar-refractivity contribution in [2.24, 2.45) is 0 Å². The smallest absolute Gasteiger partial charge is 0.358 e. The highest BCUT2D eigenvalue weighted by atomic mass is 19.4. The van der Waals surface area contributed by atoms with Crippen molar-refractivity contribution in [2.75, 3.05) is 22.1 Å². The predicted molar refractivity (Wildman–Crippen MR) is 94.8 cm³/mol. The molecule has 0 unspecified atom stereocenters. The molecule has 2 aromatic rings. The minimum Gasteiger partial charge on any atom is -0.358 e. The number of amides is 2. The molecule has 140 valence electrons. The maximum Gasteiger partial charge on any atom is 0.416 e. The molecule has 0 spiro atoms. The molecule has 27 heavy (non-hydrogen) atoms. The van der Waals surface area contributed by atoms with Crippen LogP contribution in [0.4, 0.5) is 30.2 Å². The minimum atomic E-state index is -4.42. The fourth-order valence-electron chi connectivity index (χ4n) is 3.52. The maximum atomic E-state index is 12.6. The number of alkyl halides is 3. The van der Waals surface area contributed by atoms with Gasteiger partial charge in [-0.05, 0) is 55.3 Å². The van der Waals surface area contributed by atoms with E-state index in [0.29, 0.717) is 11.3 Å². The SMILES string of the molecule is O=C(Nc1ccc(C(F)(F)F)cc1)c1ccc2c(c1)NC(=O)[C@@H]1CCCN21. The summed E-state index contributed by atoms with van der Waals surface area (Å²) < 4.78 is 37.8. The summed E-state index contributed by atoms with van der Waals surface area (Å²) in [6.45, 7) is 0.794. The van der Waals surface area contributed by atoms with Crippen molar-refractivity contribution in [3.8, 4) is 0 Å². The molecule has 0 bridgehead atoms. The zero-order chi connectivity index (χ0) is 19.2. The number of hydrogen-bond acceptors (Lipinski definition) is 3. The van der Waals surface area contributed by atoms with E-state index in [1.165, 1.54) is 12.1 Å². The third kappa shape index (κ3) is 3.22. The Morgan fingerprint density at radius 1 is 1.15 bits per heavy atom. The number of fused-ring (bicyclic) bond motifs is 3. The van der Waals surface area contributed by atoms with Crippen LogP contribution >= 0.6 is 0 Å². The summed E-state index contributed by atoms with van der Waals surface area (Å²) in [5.41, 5.74) is 1.24. The largest absolute Gasteiger partial charge is 0.416 e. The van der Waals surface area contributed by atoms with Gasteiger partial charge >= 0.3 is 6.18 Å². The van der Waals surface area contributed by atoms with Crippen LogP contribution in [0.3, 0.4) is 0 Å². The zero-order valence-corrected chi connectivity index (χ0v) is 14.1. The first-order valence-electron chi connectivity index (χ1n) is 8.53. The lowest BCUT2D eigenvalue weighted by molar-refractivity contribution is -0.137. The highest BCUT2D eigenvalue weighted by Crippen LogP contribution is 2.37. The molecule has 0 aromatic heterocycles. The molecule has 2 amide bonds. The molecule has 1 fully saturated rings. The van der Waals surface area contributed by atoms with Gasteiger partial charge in [-0.2, -0.15) is 13.2 Å². The number of hydrogen-bond donors (Lipinski definition) is 2. The lowest BCUT2D eigenvalue weighted by Gasteiger charge is -2.33. The quantitative estimate of drug-likeness (QED) is 0.838. The van der Waals surface area contributed by atoms with Gasteiger partial charge in [0.1, 0.15) is 6.04 Å². The van der Waals surface area contributed by atoms with E-state index in [-0.39, 0.29) is 17.6 Å². The number of nitrogens with one attached hydrogen (secondary N) is 2. The number of halogens is 3. The van der Waals surface area contributed by atoms with Crippen LogP contribution in [-0.4, -0.2) is 24.4 Å². The van der Waals surface area contributed by atoms with Gasteiger partial charge < -0.3 is 15.5 Å². The van der Waals surface area contributed by atoms with Gasteiger partial charge in [-0.3, -0.25) is 9.59 Å². The fraction of sp³-hybridized carbons (Fsp3) is 0.263. The molecule has 2 aliphatic heterocycles. The van der Waals surface area contributed by atoms with Crippen LogP contribution in [0.5, 0.6) is 0 Å². The molecule has 2 aliphatic rings. The Kier molecular flexibility index (Phi) is 4.05. The molecule has 2 heterocycles. The van der Waals surface area contributed by atoms with Crippen molar-refractivity contribution in [3.05, 3.63) is 53.6 Å². The summed E-state index contributed by atoms with van der Waals surface area (Å²) in [6, 6.07) is 9.09. The van der Waals surface area contributed by atoms with Crippen molar-refractivity contribution in [2.45, 2.75) is 25.1 Å². The van der Waals surface area contributed by atoms with Crippen LogP contribution in [-0.2, 0) is 11.0 Å². The van der Waals surface area contributed by atoms with Crippen LogP contribution < -0.4 is 15.5 Å². The monoisotopic (exact) mass is 375 g/mol. The topological polar surface area (TPSA) is 61.4 Å². The van der Waals surface area contributed by atoms with Crippen LogP contribution in [0, 0.1) is 0 Å². The van der Waals surface area contributed by atoms with Gasteiger partial charge in [0.2, 0.25) is 5.91 Å². The second kappa shape index (κ2) is 6.29. The van der Waals surface area contributed by atoms with E-state index in [4.69, 9.17) is 0 Å². The van der Waals surface area contributed by atoms with Crippen molar-refractivity contribution in [1.82, 2.24) is 0 Å². The van der Waals surface area contributed by atoms with Gasteiger partial charge in [-0.25, -0.2) is 0 Å². The number of nitrogens with zero attached hydrogens (tertiary/aromatic N) is 1. The summed E-state index contributed by atoms with van der Waals surface area (Å²) in [5.74, 6) is -0.546. The molecule has 2 aromatic carbocycles. The third-order valence-electron chi connectivity index (χ3n) is 4.85. The summed E-state index contributed by atoms with van der Waals surface area (Å²) in [5, 5.41) is 5.40. The standard InChI is InChI=1S/C19H16F3N3O2/c20-19(21,22)12-4-6-13(7-5-12)23-17(26)11-3-8-15-14(10-11)24-18(27)16-2-1-9-25(15)16/h3-8,10,16H,1-2,9H2,(H,23,26)(H,24,27)/t16-/m0/s1. The number of anilines is 3. The van der Waals surface area contributed by atoms with Gasteiger partial charge in [0.05, 0.1) is 16.9 Å². The molecule has 1 atom stereocenters. The van der Waals surface area contributed by atoms with E-state index in [1.54, 1.807) is 18.2 Å². The molecular formula is C19H16F3N3O2. The van der Waals surface area contributed by atoms with Crippen molar-refractivity contribution in [3.63, 3.8) is 0 Å². The normalized spacial score (nSPS) is 18.6. The Labute approximate surface area is 153 Å². The van der Waals surface area contributed by atoms with Gasteiger partial charge in [0, 0.05) is 17.8 Å². The van der Waals surface area contributed by atoms with Crippen molar-refractivity contribution in [1.29, 1.82) is 0 Å². The van der Waals surface area contributed by atoms with E-state index < -0.39 is 17.6 Å². The lowest BCUT2D eigenvalue weighted by Crippen LogP contribution is -2.43. The van der Waals surface area contributed by atoms with Gasteiger partial charge in [-0.1, -0.05) is 0 Å². The van der Waals surface area contributed by atoms with Crippen LogP contribution in [0.2, 0.25) is 0 Å². The Bertz CT molecular complexity index is 909. The first kappa shape index (κ1) is 17.4. The first-order chi connectivity index (χ1) is 12.8. The summed E-state index contributed by atoms with van der Waals surface area (Å²) in [7, 11) is 0. The molecular weight excluding hydrogens is 359 g/mol. The molecule has 0 aliphatic carbocycles. The number of rotatable bonds is 2. The number of carbonyl (C=O) groups excluding carboxylic acids is 2. The van der Waals surface area contributed by atoms with Crippen molar-refractivity contribution < 1.29 is 22.8 Å². The Morgan fingerprint density at radius 3 is 2.59 bits per heavy atom. The highest BCUT2D eigenvalue weighted by molar-refractivity contribution is 6.08. The molecule has 8 heteroatoms. The molecule has 2 N–H and O–H groups in total. The second-order valence-electron chi connectivity index (χ2n) is 6.60. The highest BCUT2D eigenvalue weighted by Gasteiger charge is 2.36. The molecule has 5 nitrogen and oxygen atoms in total. The van der Waals surface area contributed by atoms with Crippen LogP contribution in [0.15, 0.2) is 42.5 Å². The average molecular weight is 375 g/mol.